The first kappa shape index (κ1) is 29.9. The normalized spacial score (nSPS) is 15.1. The number of likely N-dealkylation sites (tertiary alicyclic amines) is 1. The zero-order chi connectivity index (χ0) is 29.2. The number of piperidine rings is 1. The minimum absolute atomic E-state index is 0.0106. The highest BCUT2D eigenvalue weighted by atomic mass is 35.5. The molecule has 3 aromatic rings. The fourth-order valence-electron chi connectivity index (χ4n) is 4.55. The van der Waals surface area contributed by atoms with E-state index in [4.69, 9.17) is 21.1 Å². The van der Waals surface area contributed by atoms with Crippen molar-refractivity contribution < 1.29 is 28.6 Å². The van der Waals surface area contributed by atoms with E-state index in [-0.39, 0.29) is 25.0 Å². The van der Waals surface area contributed by atoms with E-state index in [1.54, 1.807) is 41.2 Å². The number of amides is 2. The van der Waals surface area contributed by atoms with Gasteiger partial charge in [0.05, 0.1) is 25.6 Å². The van der Waals surface area contributed by atoms with Gasteiger partial charge in [-0.3, -0.25) is 19.2 Å². The van der Waals surface area contributed by atoms with Crippen molar-refractivity contribution in [3.8, 4) is 17.0 Å². The minimum Gasteiger partial charge on any atom is -0.492 e. The summed E-state index contributed by atoms with van der Waals surface area (Å²) in [6.45, 7) is 2.54. The van der Waals surface area contributed by atoms with Crippen molar-refractivity contribution >= 4 is 40.9 Å². The van der Waals surface area contributed by atoms with Crippen LogP contribution in [0.1, 0.15) is 25.7 Å². The number of rotatable bonds is 11. The molecule has 1 aliphatic heterocycles. The molecule has 0 spiro atoms. The molecule has 1 aliphatic rings. The molecule has 0 radical (unpaired) electrons. The van der Waals surface area contributed by atoms with E-state index in [0.717, 1.165) is 30.6 Å². The number of halogens is 1. The first-order valence-electron chi connectivity index (χ1n) is 13.4. The number of hydrogen-bond acceptors (Lipinski definition) is 8. The summed E-state index contributed by atoms with van der Waals surface area (Å²) in [5, 5.41) is 10.5. The Morgan fingerprint density at radius 2 is 1.76 bits per heavy atom. The molecule has 4 rings (SSSR count). The number of ether oxygens (including phenoxy) is 3. The fourth-order valence-corrected chi connectivity index (χ4v) is 4.67. The second kappa shape index (κ2) is 14.5. The summed E-state index contributed by atoms with van der Waals surface area (Å²) in [6, 6.07) is 13.8. The number of urea groups is 1. The number of carbonyl (C=O) groups excluding carboxylic acids is 3. The quantitative estimate of drug-likeness (QED) is 0.311. The molecule has 1 atom stereocenters. The summed E-state index contributed by atoms with van der Waals surface area (Å²) < 4.78 is 18.1. The highest BCUT2D eigenvalue weighted by molar-refractivity contribution is 6.30. The number of esters is 2. The maximum absolute atomic E-state index is 12.6. The van der Waals surface area contributed by atoms with Gasteiger partial charge in [0.25, 0.3) is 0 Å². The van der Waals surface area contributed by atoms with Gasteiger partial charge in [-0.2, -0.15) is 5.10 Å². The third-order valence-corrected chi connectivity index (χ3v) is 6.87. The topological polar surface area (TPSA) is 124 Å². The number of methoxy groups -OCH3 is 1. The van der Waals surface area contributed by atoms with Crippen molar-refractivity contribution in [3.63, 3.8) is 0 Å². The smallest absolute Gasteiger partial charge is 0.323 e. The predicted octanol–water partition coefficient (Wildman–Crippen LogP) is 4.72. The number of carbonyl (C=O) groups is 3. The summed E-state index contributed by atoms with van der Waals surface area (Å²) in [6.07, 6.45) is 3.19. The van der Waals surface area contributed by atoms with Crippen LogP contribution < -0.4 is 15.4 Å². The summed E-state index contributed by atoms with van der Waals surface area (Å²) in [7, 11) is 3.13. The van der Waals surface area contributed by atoms with Crippen molar-refractivity contribution in [1.82, 2.24) is 14.7 Å². The van der Waals surface area contributed by atoms with Crippen molar-refractivity contribution in [2.75, 3.05) is 44.0 Å². The molecule has 0 aliphatic carbocycles. The summed E-state index contributed by atoms with van der Waals surface area (Å²) in [4.78, 5) is 38.1. The lowest BCUT2D eigenvalue weighted by Gasteiger charge is -2.32. The molecule has 2 N–H and O–H groups in total. The van der Waals surface area contributed by atoms with Gasteiger partial charge in [-0.25, -0.2) is 4.79 Å². The third kappa shape index (κ3) is 8.95. The average molecular weight is 584 g/mol. The van der Waals surface area contributed by atoms with Gasteiger partial charge in [-0.05, 0) is 67.9 Å². The molecular formula is C29H34ClN5O6. The molecular weight excluding hydrogens is 550 g/mol. The second-order valence-corrected chi connectivity index (χ2v) is 10.1. The van der Waals surface area contributed by atoms with E-state index in [2.05, 4.69) is 25.4 Å². The maximum atomic E-state index is 12.6. The number of aryl methyl sites for hydroxylation is 1. The van der Waals surface area contributed by atoms with Crippen molar-refractivity contribution in [1.29, 1.82) is 0 Å². The van der Waals surface area contributed by atoms with E-state index in [1.165, 1.54) is 7.11 Å². The van der Waals surface area contributed by atoms with Crippen LogP contribution in [0.5, 0.6) is 5.75 Å². The Balaban J connectivity index is 1.34. The Hall–Kier alpha value is -4.09. The van der Waals surface area contributed by atoms with Gasteiger partial charge in [-0.1, -0.05) is 11.6 Å². The molecule has 1 saturated heterocycles. The van der Waals surface area contributed by atoms with Crippen LogP contribution in [-0.4, -0.2) is 72.1 Å². The van der Waals surface area contributed by atoms with E-state index in [1.807, 2.05) is 25.2 Å². The van der Waals surface area contributed by atoms with Gasteiger partial charge in [0.2, 0.25) is 0 Å². The summed E-state index contributed by atoms with van der Waals surface area (Å²) >= 11 is 5.92. The zero-order valence-corrected chi connectivity index (χ0v) is 23.9. The Kier molecular flexibility index (Phi) is 10.6. The fraction of sp³-hybridized carbons (Fsp3) is 0.379. The molecule has 12 heteroatoms. The summed E-state index contributed by atoms with van der Waals surface area (Å²) in [5.74, 6) is -0.171. The number of nitrogens with one attached hydrogen (secondary N) is 2. The molecule has 0 unspecified atom stereocenters. The molecule has 11 nitrogen and oxygen atoms in total. The number of benzene rings is 2. The number of hydrogen-bond donors (Lipinski definition) is 2. The van der Waals surface area contributed by atoms with Crippen molar-refractivity contribution in [3.05, 3.63) is 59.8 Å². The first-order valence-corrected chi connectivity index (χ1v) is 13.8. The van der Waals surface area contributed by atoms with Crippen LogP contribution >= 0.6 is 11.6 Å². The van der Waals surface area contributed by atoms with E-state index >= 15 is 0 Å². The number of aromatic nitrogens is 2. The number of nitrogens with zero attached hydrogens (tertiary/aromatic N) is 3. The molecule has 0 saturated carbocycles. The largest absolute Gasteiger partial charge is 0.492 e. The van der Waals surface area contributed by atoms with Crippen LogP contribution in [0.3, 0.4) is 0 Å². The minimum atomic E-state index is -0.431. The number of anilines is 2. The van der Waals surface area contributed by atoms with Gasteiger partial charge in [0.15, 0.2) is 0 Å². The highest BCUT2D eigenvalue weighted by Crippen LogP contribution is 2.32. The first-order chi connectivity index (χ1) is 19.8. The standard InChI is InChI=1S/C29H34ClN5O6/c1-34-25(13-14-31-34)24-18-22(33-29(38)32-21-7-5-20(30)6-8-21)9-10-26(24)40-17-16-35-15-3-4-23(19-35)41-28(37)12-11-27(36)39-2/h5-10,13-14,18,23H,3-4,11-12,15-17,19H2,1-2H3,(H2,32,33,38)/t23-/m0/s1. The molecule has 2 amide bonds. The van der Waals surface area contributed by atoms with Crippen LogP contribution in [0.4, 0.5) is 16.2 Å². The van der Waals surface area contributed by atoms with Gasteiger partial charge < -0.3 is 24.8 Å². The van der Waals surface area contributed by atoms with Crippen LogP contribution in [0, 0.1) is 0 Å². The van der Waals surface area contributed by atoms with Crippen LogP contribution in [0.2, 0.25) is 5.02 Å². The van der Waals surface area contributed by atoms with Crippen LogP contribution in [-0.2, 0) is 26.1 Å². The van der Waals surface area contributed by atoms with E-state index in [0.29, 0.717) is 41.8 Å². The average Bonchev–Trinajstić information content (AvgIpc) is 3.39. The predicted molar refractivity (Wildman–Crippen MR) is 155 cm³/mol. The van der Waals surface area contributed by atoms with Gasteiger partial charge in [0, 0.05) is 48.3 Å². The van der Waals surface area contributed by atoms with Crippen molar-refractivity contribution in [2.24, 2.45) is 7.05 Å². The molecule has 0 bridgehead atoms. The summed E-state index contributed by atoms with van der Waals surface area (Å²) in [5.41, 5.74) is 2.83. The second-order valence-electron chi connectivity index (χ2n) is 9.62. The Morgan fingerprint density at radius 3 is 2.49 bits per heavy atom. The van der Waals surface area contributed by atoms with Crippen LogP contribution in [0.15, 0.2) is 54.7 Å². The lowest BCUT2D eigenvalue weighted by molar-refractivity contribution is -0.154. The maximum Gasteiger partial charge on any atom is 0.323 e. The van der Waals surface area contributed by atoms with Crippen LogP contribution in [0.25, 0.3) is 11.3 Å². The SMILES string of the molecule is COC(=O)CCC(=O)O[C@H]1CCCN(CCOc2ccc(NC(=O)Nc3ccc(Cl)cc3)cc2-c2ccnn2C)C1. The third-order valence-electron chi connectivity index (χ3n) is 6.62. The lowest BCUT2D eigenvalue weighted by atomic mass is 10.1. The van der Waals surface area contributed by atoms with E-state index < -0.39 is 11.9 Å². The molecule has 41 heavy (non-hydrogen) atoms. The Bertz CT molecular complexity index is 1350. The molecule has 1 fully saturated rings. The molecule has 1 aromatic heterocycles. The molecule has 2 heterocycles. The zero-order valence-electron chi connectivity index (χ0n) is 23.1. The van der Waals surface area contributed by atoms with E-state index in [9.17, 15) is 14.4 Å². The molecule has 2 aromatic carbocycles. The van der Waals surface area contributed by atoms with Crippen molar-refractivity contribution in [2.45, 2.75) is 31.8 Å². The van der Waals surface area contributed by atoms with Gasteiger partial charge in [-0.15, -0.1) is 0 Å². The highest BCUT2D eigenvalue weighted by Gasteiger charge is 2.23. The van der Waals surface area contributed by atoms with Gasteiger partial charge in [0.1, 0.15) is 18.5 Å². The molecule has 218 valence electrons. The lowest BCUT2D eigenvalue weighted by Crippen LogP contribution is -2.42. The monoisotopic (exact) mass is 583 g/mol. The van der Waals surface area contributed by atoms with Gasteiger partial charge >= 0.3 is 18.0 Å². The Morgan fingerprint density at radius 1 is 1.02 bits per heavy atom. The Labute approximate surface area is 243 Å².